The van der Waals surface area contributed by atoms with Crippen LogP contribution in [0.1, 0.15) is 42.9 Å². The molecule has 0 spiro atoms. The second-order valence-corrected chi connectivity index (χ2v) is 8.60. The van der Waals surface area contributed by atoms with Gasteiger partial charge in [-0.2, -0.15) is 0 Å². The van der Waals surface area contributed by atoms with Gasteiger partial charge in [-0.05, 0) is 75.5 Å². The number of aromatic nitrogens is 1. The van der Waals surface area contributed by atoms with Gasteiger partial charge in [-0.15, -0.1) is 0 Å². The molecule has 0 radical (unpaired) electrons. The highest BCUT2D eigenvalue weighted by molar-refractivity contribution is 5.89. The van der Waals surface area contributed by atoms with E-state index in [1.165, 1.54) is 30.5 Å². The summed E-state index contributed by atoms with van der Waals surface area (Å²) < 4.78 is 24.1. The molecule has 9 heteroatoms. The molecule has 0 saturated carbocycles. The van der Waals surface area contributed by atoms with Crippen molar-refractivity contribution >= 4 is 22.9 Å². The maximum absolute atomic E-state index is 13.3. The molecule has 3 aromatic rings. The summed E-state index contributed by atoms with van der Waals surface area (Å²) in [7, 11) is 1.73. The molecule has 1 aromatic heterocycles. The number of hydrogen-bond acceptors (Lipinski definition) is 6. The van der Waals surface area contributed by atoms with Gasteiger partial charge in [0.1, 0.15) is 11.6 Å². The Hall–Kier alpha value is -3.72. The number of para-hydroxylation sites is 1. The highest BCUT2D eigenvalue weighted by Crippen LogP contribution is 2.32. The number of benzene rings is 2. The number of carboxylic acids is 2. The number of aliphatic carboxylic acids is 2. The minimum atomic E-state index is -1.26. The summed E-state index contributed by atoms with van der Waals surface area (Å²) in [6.07, 6.45) is 6.68. The number of carboxylic acid groups (broad SMARTS) is 2. The maximum Gasteiger partial charge on any atom is 0.328 e. The Kier molecular flexibility index (Phi) is 10.00. The lowest BCUT2D eigenvalue weighted by Crippen LogP contribution is -2.33. The van der Waals surface area contributed by atoms with E-state index >= 15 is 0 Å². The second kappa shape index (κ2) is 13.4. The van der Waals surface area contributed by atoms with Crippen LogP contribution in [0.25, 0.3) is 11.0 Å². The fourth-order valence-corrected chi connectivity index (χ4v) is 4.36. The zero-order valence-corrected chi connectivity index (χ0v) is 20.2. The lowest BCUT2D eigenvalue weighted by atomic mass is 9.91. The first-order valence-electron chi connectivity index (χ1n) is 11.9. The van der Waals surface area contributed by atoms with Gasteiger partial charge >= 0.3 is 11.9 Å². The van der Waals surface area contributed by atoms with E-state index in [1.807, 2.05) is 12.1 Å². The van der Waals surface area contributed by atoms with Gasteiger partial charge in [-0.3, -0.25) is 0 Å². The van der Waals surface area contributed by atoms with Gasteiger partial charge < -0.3 is 24.4 Å². The van der Waals surface area contributed by atoms with Crippen molar-refractivity contribution in [3.63, 3.8) is 0 Å². The third-order valence-electron chi connectivity index (χ3n) is 6.17. The van der Waals surface area contributed by atoms with Crippen LogP contribution in [0.2, 0.25) is 0 Å². The fourth-order valence-electron chi connectivity index (χ4n) is 4.36. The summed E-state index contributed by atoms with van der Waals surface area (Å²) in [6, 6.07) is 13.0. The van der Waals surface area contributed by atoms with E-state index in [9.17, 15) is 14.0 Å². The van der Waals surface area contributed by atoms with Crippen LogP contribution in [0.3, 0.4) is 0 Å². The molecule has 4 rings (SSSR count). The number of hydrogen-bond donors (Lipinski definition) is 2. The van der Waals surface area contributed by atoms with Crippen molar-refractivity contribution in [3.8, 4) is 5.75 Å². The van der Waals surface area contributed by atoms with Gasteiger partial charge in [-0.1, -0.05) is 23.4 Å². The number of ether oxygens (including phenoxy) is 1. The van der Waals surface area contributed by atoms with Crippen molar-refractivity contribution in [2.24, 2.45) is 0 Å². The van der Waals surface area contributed by atoms with Crippen molar-refractivity contribution in [1.82, 2.24) is 10.1 Å². The van der Waals surface area contributed by atoms with Crippen LogP contribution in [0.4, 0.5) is 4.39 Å². The lowest BCUT2D eigenvalue weighted by Gasteiger charge is -2.31. The molecule has 1 saturated heterocycles. The van der Waals surface area contributed by atoms with Crippen LogP contribution in [0, 0.1) is 5.82 Å². The van der Waals surface area contributed by atoms with Crippen LogP contribution in [0.5, 0.6) is 5.75 Å². The molecule has 8 nitrogen and oxygen atoms in total. The molecule has 0 bridgehead atoms. The Labute approximate surface area is 209 Å². The molecule has 2 aromatic carbocycles. The Morgan fingerprint density at radius 2 is 1.81 bits per heavy atom. The maximum atomic E-state index is 13.3. The van der Waals surface area contributed by atoms with E-state index < -0.39 is 11.9 Å². The third kappa shape index (κ3) is 7.91. The van der Waals surface area contributed by atoms with Gasteiger partial charge in [0.25, 0.3) is 0 Å². The van der Waals surface area contributed by atoms with E-state index in [-0.39, 0.29) is 5.82 Å². The normalized spacial score (nSPS) is 14.5. The van der Waals surface area contributed by atoms with Crippen molar-refractivity contribution < 1.29 is 33.5 Å². The summed E-state index contributed by atoms with van der Waals surface area (Å²) in [5, 5.41) is 20.8. The smallest absolute Gasteiger partial charge is 0.328 e. The van der Waals surface area contributed by atoms with Gasteiger partial charge in [0.15, 0.2) is 5.58 Å². The first-order chi connectivity index (χ1) is 17.4. The minimum absolute atomic E-state index is 0.279. The van der Waals surface area contributed by atoms with Crippen molar-refractivity contribution in [1.29, 1.82) is 0 Å². The Morgan fingerprint density at radius 1 is 1.11 bits per heavy atom. The largest absolute Gasteiger partial charge is 0.496 e. The summed E-state index contributed by atoms with van der Waals surface area (Å²) in [5.74, 6) is -1.41. The summed E-state index contributed by atoms with van der Waals surface area (Å²) >= 11 is 0. The number of nitrogens with zero attached hydrogens (tertiary/aromatic N) is 2. The van der Waals surface area contributed by atoms with Crippen LogP contribution >= 0.6 is 0 Å². The number of fused-ring (bicyclic) bond motifs is 1. The van der Waals surface area contributed by atoms with Crippen LogP contribution < -0.4 is 4.74 Å². The Bertz CT molecular complexity index is 1170. The Morgan fingerprint density at radius 3 is 2.47 bits per heavy atom. The SMILES string of the molecule is COc1ccccc1CCCCN1CCC(c2noc3cc(F)ccc23)CC1.O=C(O)/C=C\C(=O)O. The topological polar surface area (TPSA) is 113 Å². The van der Waals surface area contributed by atoms with E-state index in [0.717, 1.165) is 55.7 Å². The second-order valence-electron chi connectivity index (χ2n) is 8.60. The van der Waals surface area contributed by atoms with Crippen LogP contribution in [-0.2, 0) is 16.0 Å². The first-order valence-corrected chi connectivity index (χ1v) is 11.9. The number of carbonyl (C=O) groups is 2. The molecule has 0 amide bonds. The Balaban J connectivity index is 0.000000392. The molecule has 192 valence electrons. The molecule has 2 heterocycles. The average molecular weight is 499 g/mol. The summed E-state index contributed by atoms with van der Waals surface area (Å²) in [4.78, 5) is 21.6. The number of unbranched alkanes of at least 4 members (excludes halogenated alkanes) is 1. The highest BCUT2D eigenvalue weighted by atomic mass is 19.1. The number of rotatable bonds is 9. The van der Waals surface area contributed by atoms with E-state index in [4.69, 9.17) is 19.5 Å². The zero-order chi connectivity index (χ0) is 25.9. The van der Waals surface area contributed by atoms with Crippen molar-refractivity contribution in [3.05, 3.63) is 71.7 Å². The van der Waals surface area contributed by atoms with Gasteiger partial charge in [0.2, 0.25) is 0 Å². The molecule has 1 aliphatic heterocycles. The molecule has 1 aliphatic rings. The average Bonchev–Trinajstić information content (AvgIpc) is 3.29. The standard InChI is InChI=1S/C23H27FN2O2.C4H4O4/c1-27-21-8-3-2-6-17(21)7-4-5-13-26-14-11-18(12-15-26)23-20-10-9-19(24)16-22(20)28-25-23;5-3(6)1-2-4(7)8/h2-3,6,8-10,16,18H,4-5,7,11-15H2,1H3;1-2H,(H,5,6)(H,7,8)/b;2-1-. The number of methoxy groups -OCH3 is 1. The number of aryl methyl sites for hydroxylation is 1. The summed E-state index contributed by atoms with van der Waals surface area (Å²) in [6.45, 7) is 3.29. The van der Waals surface area contributed by atoms with Crippen LogP contribution in [0.15, 0.2) is 59.1 Å². The molecule has 1 fully saturated rings. The molecule has 36 heavy (non-hydrogen) atoms. The lowest BCUT2D eigenvalue weighted by molar-refractivity contribution is -0.134. The monoisotopic (exact) mass is 498 g/mol. The predicted octanol–water partition coefficient (Wildman–Crippen LogP) is 4.89. The van der Waals surface area contributed by atoms with Crippen LogP contribution in [-0.4, -0.2) is 59.0 Å². The molecule has 0 atom stereocenters. The van der Waals surface area contributed by atoms with E-state index in [2.05, 4.69) is 22.2 Å². The number of halogens is 1. The predicted molar refractivity (Wildman–Crippen MR) is 133 cm³/mol. The molecular formula is C27H31FN2O6. The third-order valence-corrected chi connectivity index (χ3v) is 6.17. The molecular weight excluding hydrogens is 467 g/mol. The van der Waals surface area contributed by atoms with Crippen molar-refractivity contribution in [2.45, 2.75) is 38.0 Å². The first kappa shape index (κ1) is 26.9. The molecule has 2 N–H and O–H groups in total. The van der Waals surface area contributed by atoms with Gasteiger partial charge in [0, 0.05) is 29.5 Å². The van der Waals surface area contributed by atoms with E-state index in [0.29, 0.717) is 23.7 Å². The minimum Gasteiger partial charge on any atom is -0.496 e. The summed E-state index contributed by atoms with van der Waals surface area (Å²) in [5.41, 5.74) is 2.83. The molecule has 0 aliphatic carbocycles. The molecule has 0 unspecified atom stereocenters. The van der Waals surface area contributed by atoms with Crippen molar-refractivity contribution in [2.75, 3.05) is 26.7 Å². The quantitative estimate of drug-likeness (QED) is 0.317. The fraction of sp³-hybridized carbons (Fsp3) is 0.370. The van der Waals surface area contributed by atoms with Gasteiger partial charge in [-0.25, -0.2) is 14.0 Å². The van der Waals surface area contributed by atoms with Gasteiger partial charge in [0.05, 0.1) is 12.8 Å². The highest BCUT2D eigenvalue weighted by Gasteiger charge is 2.24. The van der Waals surface area contributed by atoms with E-state index in [1.54, 1.807) is 13.2 Å². The number of likely N-dealkylation sites (tertiary alicyclic amines) is 1. The number of piperidine rings is 1. The zero-order valence-electron chi connectivity index (χ0n) is 20.2.